The minimum atomic E-state index is -0.886. The molecular weight excluding hydrogens is 239 g/mol. The van der Waals surface area contributed by atoms with E-state index in [1.54, 1.807) is 0 Å². The number of ketones is 2. The average Bonchev–Trinajstić information content (AvgIpc) is 2.33. The minimum Gasteiger partial charge on any atom is -0.301 e. The van der Waals surface area contributed by atoms with Gasteiger partial charge in [0.05, 0.1) is 17.7 Å². The molecule has 0 bridgehead atoms. The molecule has 0 radical (unpaired) electrons. The first-order valence-corrected chi connectivity index (χ1v) is 3.96. The van der Waals surface area contributed by atoms with Crippen molar-refractivity contribution in [3.05, 3.63) is 32.8 Å². The van der Waals surface area contributed by atoms with Crippen LogP contribution in [0.1, 0.15) is 10.4 Å². The van der Waals surface area contributed by atoms with Gasteiger partial charge in [0.25, 0.3) is 5.70 Å². The molecule has 15 heavy (non-hydrogen) atoms. The summed E-state index contributed by atoms with van der Waals surface area (Å²) in [6, 6.07) is 1.45. The summed E-state index contributed by atoms with van der Waals surface area (Å²) in [7, 11) is 0. The highest BCUT2D eigenvalue weighted by molar-refractivity contribution is 6.59. The highest BCUT2D eigenvalue weighted by atomic mass is 35.5. The molecule has 0 N–H and O–H groups in total. The first-order chi connectivity index (χ1) is 7.54. The summed E-state index contributed by atoms with van der Waals surface area (Å²) < 4.78 is 10.0. The molecule has 4 nitrogen and oxygen atoms in total. The third kappa shape index (κ3) is 1.92. The van der Waals surface area contributed by atoms with Crippen LogP contribution in [-0.2, 0) is 9.59 Å². The van der Waals surface area contributed by atoms with Crippen LogP contribution in [0.2, 0.25) is 0 Å². The molecule has 6 heteroatoms. The van der Waals surface area contributed by atoms with Gasteiger partial charge in [0, 0.05) is 2.97 Å². The van der Waals surface area contributed by atoms with Gasteiger partial charge in [0.1, 0.15) is 10.6 Å². The molecule has 0 spiro atoms. The van der Waals surface area contributed by atoms with Gasteiger partial charge in [-0.05, 0) is 0 Å². The van der Waals surface area contributed by atoms with Gasteiger partial charge in [0.15, 0.2) is 0 Å². The third-order valence-corrected chi connectivity index (χ3v) is 2.31. The smallest absolute Gasteiger partial charge is 0.256 e. The number of rotatable bonds is 0. The molecule has 0 heterocycles. The Balaban J connectivity index is 0. The molecule has 78 valence electrons. The zero-order chi connectivity index (χ0) is 12.9. The van der Waals surface area contributed by atoms with Gasteiger partial charge < -0.3 is 4.79 Å². The molecule has 0 amide bonds. The van der Waals surface area contributed by atoms with Crippen molar-refractivity contribution in [3.63, 3.8) is 0 Å². The van der Waals surface area contributed by atoms with E-state index in [1.165, 1.54) is 6.07 Å². The van der Waals surface area contributed by atoms with E-state index < -0.39 is 32.9 Å². The van der Waals surface area contributed by atoms with Crippen LogP contribution in [0, 0.1) is 17.9 Å². The summed E-state index contributed by atoms with van der Waals surface area (Å²) in [6.45, 7) is 6.63. The normalized spacial score (nSPS) is 16.3. The van der Waals surface area contributed by atoms with Crippen molar-refractivity contribution in [2.24, 2.45) is 0 Å². The monoisotopic (exact) mass is 246 g/mol. The largest absolute Gasteiger partial charge is 0.301 e. The van der Waals surface area contributed by atoms with Crippen LogP contribution in [0.3, 0.4) is 0 Å². The first-order valence-electron chi connectivity index (χ1n) is 4.21. The van der Waals surface area contributed by atoms with Crippen LogP contribution >= 0.6 is 23.2 Å². The molecule has 0 unspecified atom stereocenters. The Kier molecular flexibility index (Phi) is 3.62. The van der Waals surface area contributed by atoms with Crippen molar-refractivity contribution >= 4 is 34.8 Å². The first kappa shape index (κ1) is 11.5. The lowest BCUT2D eigenvalue weighted by atomic mass is 10.0. The van der Waals surface area contributed by atoms with Crippen molar-refractivity contribution in [2.75, 3.05) is 0 Å². The number of hydrogen-bond donors (Lipinski definition) is 0. The Morgan fingerprint density at radius 3 is 2.20 bits per heavy atom. The maximum atomic E-state index is 11.2. The van der Waals surface area contributed by atoms with Gasteiger partial charge in [-0.2, -0.15) is 5.26 Å². The van der Waals surface area contributed by atoms with Crippen molar-refractivity contribution in [3.8, 4) is 6.07 Å². The van der Waals surface area contributed by atoms with E-state index in [9.17, 15) is 9.59 Å². The summed E-state index contributed by atoms with van der Waals surface area (Å²) in [4.78, 5) is 25.2. The Hall–Kier alpha value is -1.62. The predicted octanol–water partition coefficient (Wildman–Crippen LogP) is 2.41. The summed E-state index contributed by atoms with van der Waals surface area (Å²) in [5, 5.41) is 7.51. The second kappa shape index (κ2) is 4.75. The summed E-state index contributed by atoms with van der Waals surface area (Å²) >= 11 is 10.8. The van der Waals surface area contributed by atoms with Gasteiger partial charge in [-0.25, -0.2) is 4.85 Å². The Bertz CT molecular complexity index is 454. The van der Waals surface area contributed by atoms with Crippen molar-refractivity contribution in [1.82, 2.24) is 0 Å². The number of nitriles is 1. The number of allylic oxidation sites excluding steroid dienone is 3. The number of hydrogen-bond acceptors (Lipinski definition) is 3. The van der Waals surface area contributed by atoms with Crippen LogP contribution < -0.4 is 0 Å². The van der Waals surface area contributed by atoms with Gasteiger partial charge in [-0.15, -0.1) is 0 Å². The minimum absolute atomic E-state index is 0. The molecule has 1 aliphatic carbocycles. The maximum absolute atomic E-state index is 11.2. The molecule has 0 saturated heterocycles. The fourth-order valence-electron chi connectivity index (χ4n) is 0.845. The molecule has 0 aliphatic heterocycles. The SMILES string of the molecule is C.[2H][2H].[C-]#[N+]C1=C(C#N)C(=O)C(Cl)=C(Cl)C1=O. The van der Waals surface area contributed by atoms with E-state index in [-0.39, 0.29) is 7.43 Å². The van der Waals surface area contributed by atoms with E-state index >= 15 is 0 Å². The van der Waals surface area contributed by atoms with Crippen molar-refractivity contribution in [1.29, 1.82) is 5.26 Å². The average molecular weight is 247 g/mol. The Morgan fingerprint density at radius 1 is 1.33 bits per heavy atom. The fourth-order valence-corrected chi connectivity index (χ4v) is 1.20. The molecule has 0 saturated carbocycles. The van der Waals surface area contributed by atoms with Gasteiger partial charge in [0.2, 0.25) is 11.6 Å². The fraction of sp³-hybridized carbons (Fsp3) is 0.111. The molecule has 1 aliphatic rings. The number of halogens is 2. The third-order valence-electron chi connectivity index (χ3n) is 1.49. The van der Waals surface area contributed by atoms with Crippen LogP contribution in [0.4, 0.5) is 0 Å². The summed E-state index contributed by atoms with van der Waals surface area (Å²) in [5.41, 5.74) is -1.13. The molecule has 0 fully saturated rings. The second-order valence-corrected chi connectivity index (χ2v) is 2.99. The number of carbonyl (C=O) groups is 2. The van der Waals surface area contributed by atoms with Crippen LogP contribution in [0.15, 0.2) is 21.3 Å². The number of nitrogens with zero attached hydrogens (tertiary/aromatic N) is 2. The van der Waals surface area contributed by atoms with Gasteiger partial charge in [-0.3, -0.25) is 4.79 Å². The van der Waals surface area contributed by atoms with E-state index in [2.05, 4.69) is 4.85 Å². The van der Waals surface area contributed by atoms with Crippen molar-refractivity contribution < 1.29 is 12.6 Å². The van der Waals surface area contributed by atoms with E-state index in [0.717, 1.165) is 0 Å². The molecule has 0 aromatic heterocycles. The maximum Gasteiger partial charge on any atom is 0.256 e. The van der Waals surface area contributed by atoms with Gasteiger partial charge >= 0.3 is 0 Å². The standard InChI is InChI=1S/C8Cl2N2O2.CH4.H2/c1-12-6-3(2-11)7(13)4(9)5(10)8(6)14;;/h;1H4;1H/i;;1+1D. The molecular formula is C9H6Cl2N2O2. The lowest BCUT2D eigenvalue weighted by Gasteiger charge is -2.08. The highest BCUT2D eigenvalue weighted by Crippen LogP contribution is 2.29. The predicted molar refractivity (Wildman–Crippen MR) is 56.8 cm³/mol. The Morgan fingerprint density at radius 2 is 1.80 bits per heavy atom. The van der Waals surface area contributed by atoms with Crippen LogP contribution in [0.5, 0.6) is 0 Å². The van der Waals surface area contributed by atoms with E-state index in [4.69, 9.17) is 38.0 Å². The van der Waals surface area contributed by atoms with Crippen LogP contribution in [0.25, 0.3) is 4.85 Å². The van der Waals surface area contributed by atoms with Gasteiger partial charge in [-0.1, -0.05) is 30.6 Å². The van der Waals surface area contributed by atoms with Crippen molar-refractivity contribution in [2.45, 2.75) is 7.43 Å². The molecule has 1 rings (SSSR count). The van der Waals surface area contributed by atoms with E-state index in [1.807, 2.05) is 0 Å². The lowest BCUT2D eigenvalue weighted by molar-refractivity contribution is -0.115. The second-order valence-electron chi connectivity index (χ2n) is 2.23. The topological polar surface area (TPSA) is 62.3 Å². The van der Waals surface area contributed by atoms with E-state index in [0.29, 0.717) is 0 Å². The molecule has 0 aromatic carbocycles. The lowest BCUT2D eigenvalue weighted by Crippen LogP contribution is -2.17. The summed E-state index contributed by atoms with van der Waals surface area (Å²) in [5.74, 6) is -1.77. The Labute approximate surface area is 99.3 Å². The zero-order valence-corrected chi connectivity index (χ0v) is 7.98. The molecule has 0 atom stereocenters. The number of Topliss-reactive ketones (excluding diaryl/α,β-unsaturated/α-hetero) is 2. The highest BCUT2D eigenvalue weighted by Gasteiger charge is 2.33. The summed E-state index contributed by atoms with van der Waals surface area (Å²) in [6.07, 6.45) is 0. The number of carbonyl (C=O) groups excluding carboxylic acids is 2. The van der Waals surface area contributed by atoms with Crippen LogP contribution in [-0.4, -0.2) is 11.6 Å². The quantitative estimate of drug-likeness (QED) is 0.487. The molecule has 0 aromatic rings. The zero-order valence-electron chi connectivity index (χ0n) is 8.47.